The molecule has 2 atom stereocenters. The van der Waals surface area contributed by atoms with Crippen LogP contribution in [0.3, 0.4) is 0 Å². The normalized spacial score (nSPS) is 21.3. The first-order valence-electron chi connectivity index (χ1n) is 12.5. The predicted molar refractivity (Wildman–Crippen MR) is 135 cm³/mol. The summed E-state index contributed by atoms with van der Waals surface area (Å²) in [5.41, 5.74) is 2.98. The van der Waals surface area contributed by atoms with Gasteiger partial charge in [0.05, 0.1) is 36.7 Å². The first-order valence-corrected chi connectivity index (χ1v) is 12.5. The quantitative estimate of drug-likeness (QED) is 0.535. The predicted octanol–water partition coefficient (Wildman–Crippen LogP) is 3.91. The molecule has 3 aliphatic rings. The Balaban J connectivity index is 1.25. The maximum absolute atomic E-state index is 14.9. The van der Waals surface area contributed by atoms with Crippen LogP contribution in [0.4, 0.5) is 20.2 Å². The van der Waals surface area contributed by atoms with Crippen LogP contribution >= 0.6 is 0 Å². The van der Waals surface area contributed by atoms with Crippen molar-refractivity contribution >= 4 is 11.4 Å². The molecule has 2 unspecified atom stereocenters. The molecular weight excluding hydrogens is 462 g/mol. The number of benzene rings is 1. The zero-order valence-corrected chi connectivity index (χ0v) is 20.8. The topological polar surface area (TPSA) is 57.6 Å². The van der Waals surface area contributed by atoms with E-state index in [9.17, 15) is 8.78 Å². The lowest BCUT2D eigenvalue weighted by Crippen LogP contribution is -2.44. The van der Waals surface area contributed by atoms with Crippen molar-refractivity contribution in [2.45, 2.75) is 44.8 Å². The monoisotopic (exact) mass is 492 g/mol. The Morgan fingerprint density at radius 3 is 2.61 bits per heavy atom. The molecular formula is C27H30F2N6O. The molecule has 7 nitrogen and oxygen atoms in total. The van der Waals surface area contributed by atoms with Gasteiger partial charge in [0, 0.05) is 42.5 Å². The first-order chi connectivity index (χ1) is 17.4. The molecule has 1 aromatic carbocycles. The number of anilines is 2. The Bertz CT molecular complexity index is 1280. The molecule has 2 saturated heterocycles. The molecule has 36 heavy (non-hydrogen) atoms. The largest absolute Gasteiger partial charge is 0.486 e. The molecule has 0 radical (unpaired) electrons. The maximum Gasteiger partial charge on any atom is 0.178 e. The van der Waals surface area contributed by atoms with Gasteiger partial charge in [-0.2, -0.15) is 0 Å². The van der Waals surface area contributed by atoms with Crippen LogP contribution in [0.25, 0.3) is 11.3 Å². The fraction of sp³-hybridized carbons (Fsp3) is 0.444. The van der Waals surface area contributed by atoms with Crippen LogP contribution in [0.1, 0.15) is 31.8 Å². The lowest BCUT2D eigenvalue weighted by Gasteiger charge is -2.34. The van der Waals surface area contributed by atoms with Crippen LogP contribution in [0, 0.1) is 11.6 Å². The highest BCUT2D eigenvalue weighted by Gasteiger charge is 2.41. The number of halogens is 2. The lowest BCUT2D eigenvalue weighted by atomic mass is 10.1. The fourth-order valence-electron chi connectivity index (χ4n) is 5.70. The van der Waals surface area contributed by atoms with E-state index in [4.69, 9.17) is 4.74 Å². The highest BCUT2D eigenvalue weighted by Crippen LogP contribution is 2.39. The number of aromatic nitrogens is 3. The van der Waals surface area contributed by atoms with Gasteiger partial charge >= 0.3 is 0 Å². The minimum absolute atomic E-state index is 0.0739. The zero-order chi connectivity index (χ0) is 25.0. The van der Waals surface area contributed by atoms with Crippen molar-refractivity contribution in [2.24, 2.45) is 0 Å². The average Bonchev–Trinajstić information content (AvgIpc) is 3.45. The SMILES string of the molecule is CC(C)N1CCOc2c(F)cc(-c3nc(Cc4ccc(N5CC6CC5CN6C)cn4)ncc3F)cc21. The highest BCUT2D eigenvalue weighted by atomic mass is 19.1. The number of ether oxygens (including phenoxy) is 1. The van der Waals surface area contributed by atoms with E-state index in [0.29, 0.717) is 48.7 Å². The van der Waals surface area contributed by atoms with E-state index >= 15 is 0 Å². The third-order valence-corrected chi connectivity index (χ3v) is 7.60. The van der Waals surface area contributed by atoms with Gasteiger partial charge in [-0.25, -0.2) is 18.7 Å². The summed E-state index contributed by atoms with van der Waals surface area (Å²) in [5.74, 6) is -0.478. The molecule has 0 N–H and O–H groups in total. The Kier molecular flexibility index (Phi) is 5.75. The van der Waals surface area contributed by atoms with E-state index in [0.717, 1.165) is 30.7 Å². The van der Waals surface area contributed by atoms with Gasteiger partial charge in [0.1, 0.15) is 18.1 Å². The summed E-state index contributed by atoms with van der Waals surface area (Å²) in [4.78, 5) is 20.2. The summed E-state index contributed by atoms with van der Waals surface area (Å²) in [6, 6.07) is 8.42. The van der Waals surface area contributed by atoms with Gasteiger partial charge in [-0.05, 0) is 51.6 Å². The van der Waals surface area contributed by atoms with E-state index in [-0.39, 0.29) is 17.5 Å². The molecule has 9 heteroatoms. The minimum Gasteiger partial charge on any atom is -0.486 e. The van der Waals surface area contributed by atoms with Gasteiger partial charge in [-0.15, -0.1) is 0 Å². The highest BCUT2D eigenvalue weighted by molar-refractivity contribution is 5.72. The number of fused-ring (bicyclic) bond motifs is 3. The van der Waals surface area contributed by atoms with Crippen molar-refractivity contribution in [3.8, 4) is 17.0 Å². The third-order valence-electron chi connectivity index (χ3n) is 7.60. The van der Waals surface area contributed by atoms with Gasteiger partial charge in [-0.1, -0.05) is 0 Å². The Labute approximate surface area is 209 Å². The van der Waals surface area contributed by atoms with E-state index < -0.39 is 11.6 Å². The Morgan fingerprint density at radius 2 is 1.92 bits per heavy atom. The number of pyridine rings is 1. The number of piperazine rings is 1. The second-order valence-corrected chi connectivity index (χ2v) is 10.2. The standard InChI is InChI=1S/C27H30F2N6O/c1-16(2)34-6-7-36-27-22(28)8-17(9-24(27)34)26-23(29)13-31-25(32-26)10-18-4-5-19(12-30-18)35-15-20-11-21(35)14-33(20)3/h4-5,8-9,12-13,16,20-21H,6-7,10-11,14-15H2,1-3H3. The van der Waals surface area contributed by atoms with Crippen LogP contribution in [-0.4, -0.2) is 71.3 Å². The van der Waals surface area contributed by atoms with Crippen LogP contribution in [-0.2, 0) is 6.42 Å². The Hall–Kier alpha value is -3.33. The van der Waals surface area contributed by atoms with Crippen molar-refractivity contribution in [2.75, 3.05) is 43.1 Å². The van der Waals surface area contributed by atoms with Crippen LogP contribution < -0.4 is 14.5 Å². The maximum atomic E-state index is 14.9. The second-order valence-electron chi connectivity index (χ2n) is 10.2. The van der Waals surface area contributed by atoms with Crippen molar-refractivity contribution in [3.63, 3.8) is 0 Å². The molecule has 0 spiro atoms. The van der Waals surface area contributed by atoms with E-state index in [1.54, 1.807) is 6.07 Å². The number of nitrogens with zero attached hydrogens (tertiary/aromatic N) is 6. The molecule has 2 aromatic heterocycles. The number of hydrogen-bond acceptors (Lipinski definition) is 7. The summed E-state index contributed by atoms with van der Waals surface area (Å²) < 4.78 is 35.3. The second kappa shape index (κ2) is 8.96. The lowest BCUT2D eigenvalue weighted by molar-refractivity contribution is 0.287. The summed E-state index contributed by atoms with van der Waals surface area (Å²) in [5, 5.41) is 0. The van der Waals surface area contributed by atoms with E-state index in [1.807, 2.05) is 26.1 Å². The summed E-state index contributed by atoms with van der Waals surface area (Å²) >= 11 is 0. The number of likely N-dealkylation sites (N-methyl/N-ethyl adjacent to an activating group) is 1. The Morgan fingerprint density at radius 1 is 1.06 bits per heavy atom. The van der Waals surface area contributed by atoms with Crippen molar-refractivity contribution in [3.05, 3.63) is 59.8 Å². The molecule has 0 amide bonds. The molecule has 3 aromatic rings. The number of rotatable bonds is 5. The van der Waals surface area contributed by atoms with Gasteiger partial charge in [0.2, 0.25) is 0 Å². The van der Waals surface area contributed by atoms with Gasteiger partial charge in [0.25, 0.3) is 0 Å². The molecule has 6 rings (SSSR count). The van der Waals surface area contributed by atoms with Crippen molar-refractivity contribution in [1.29, 1.82) is 0 Å². The van der Waals surface area contributed by atoms with Crippen molar-refractivity contribution in [1.82, 2.24) is 19.9 Å². The van der Waals surface area contributed by atoms with Gasteiger partial charge in [-0.3, -0.25) is 9.88 Å². The smallest absolute Gasteiger partial charge is 0.178 e. The molecule has 0 saturated carbocycles. The third kappa shape index (κ3) is 4.05. The fourth-order valence-corrected chi connectivity index (χ4v) is 5.70. The summed E-state index contributed by atoms with van der Waals surface area (Å²) in [6.07, 6.45) is 4.61. The van der Waals surface area contributed by atoms with Gasteiger partial charge < -0.3 is 14.5 Å². The molecule has 5 heterocycles. The summed E-state index contributed by atoms with van der Waals surface area (Å²) in [7, 11) is 2.19. The zero-order valence-electron chi connectivity index (χ0n) is 20.8. The van der Waals surface area contributed by atoms with Crippen LogP contribution in [0.5, 0.6) is 5.75 Å². The van der Waals surface area contributed by atoms with E-state index in [2.05, 4.69) is 42.8 Å². The molecule has 3 aliphatic heterocycles. The summed E-state index contributed by atoms with van der Waals surface area (Å²) in [6.45, 7) is 7.24. The molecule has 2 fully saturated rings. The average molecular weight is 493 g/mol. The number of likely N-dealkylation sites (tertiary alicyclic amines) is 1. The van der Waals surface area contributed by atoms with Crippen LogP contribution in [0.2, 0.25) is 0 Å². The van der Waals surface area contributed by atoms with Gasteiger partial charge in [0.15, 0.2) is 17.4 Å². The molecule has 0 aliphatic carbocycles. The van der Waals surface area contributed by atoms with Crippen LogP contribution in [0.15, 0.2) is 36.7 Å². The number of hydrogen-bond donors (Lipinski definition) is 0. The minimum atomic E-state index is -0.594. The van der Waals surface area contributed by atoms with E-state index in [1.165, 1.54) is 12.5 Å². The molecule has 2 bridgehead atoms. The first kappa shape index (κ1) is 23.1. The van der Waals surface area contributed by atoms with Crippen molar-refractivity contribution < 1.29 is 13.5 Å². The molecule has 188 valence electrons.